The number of phenols is 1. The van der Waals surface area contributed by atoms with Gasteiger partial charge in [0.05, 0.1) is 11.4 Å². The molecule has 4 bridgehead atoms. The first-order valence-electron chi connectivity index (χ1n) is 10.5. The van der Waals surface area contributed by atoms with E-state index >= 15 is 0 Å². The van der Waals surface area contributed by atoms with Crippen LogP contribution in [0.2, 0.25) is 0 Å². The summed E-state index contributed by atoms with van der Waals surface area (Å²) in [7, 11) is 0. The molecule has 0 spiro atoms. The van der Waals surface area contributed by atoms with Gasteiger partial charge in [-0.15, -0.1) is 0 Å². The van der Waals surface area contributed by atoms with Crippen LogP contribution in [0.15, 0.2) is 42.5 Å². The molecule has 0 amide bonds. The van der Waals surface area contributed by atoms with Crippen molar-refractivity contribution < 1.29 is 25.5 Å². The summed E-state index contributed by atoms with van der Waals surface area (Å²) in [6.07, 6.45) is 9.88. The molecule has 7 heteroatoms. The van der Waals surface area contributed by atoms with Crippen LogP contribution in [0.5, 0.6) is 29.3 Å². The lowest BCUT2D eigenvalue weighted by atomic mass is 10.0. The van der Waals surface area contributed by atoms with Gasteiger partial charge in [0.2, 0.25) is 23.5 Å². The van der Waals surface area contributed by atoms with Gasteiger partial charge in [-0.2, -0.15) is 0 Å². The van der Waals surface area contributed by atoms with E-state index in [9.17, 15) is 25.5 Å². The Balaban J connectivity index is 1.42. The summed E-state index contributed by atoms with van der Waals surface area (Å²) in [5.41, 5.74) is 3.48. The van der Waals surface area contributed by atoms with E-state index in [-0.39, 0.29) is 58.6 Å². The van der Waals surface area contributed by atoms with E-state index in [1.54, 1.807) is 12.1 Å². The predicted molar refractivity (Wildman–Crippen MR) is 112 cm³/mol. The van der Waals surface area contributed by atoms with E-state index in [4.69, 9.17) is 0 Å². The van der Waals surface area contributed by atoms with E-state index in [1.165, 1.54) is 15.2 Å². The van der Waals surface area contributed by atoms with Crippen molar-refractivity contribution >= 4 is 0 Å². The van der Waals surface area contributed by atoms with Crippen molar-refractivity contribution in [1.29, 1.82) is 0 Å². The molecule has 4 aliphatic rings. The van der Waals surface area contributed by atoms with Gasteiger partial charge in [-0.1, -0.05) is 24.3 Å². The van der Waals surface area contributed by atoms with Crippen LogP contribution >= 0.6 is 0 Å². The molecule has 0 fully saturated rings. The van der Waals surface area contributed by atoms with Crippen LogP contribution in [0.3, 0.4) is 0 Å². The number of aromatic nitrogens is 2. The summed E-state index contributed by atoms with van der Waals surface area (Å²) in [5, 5.41) is 54.2. The molecule has 2 heterocycles. The fourth-order valence-electron chi connectivity index (χ4n) is 6.18. The Bertz CT molecular complexity index is 1300. The van der Waals surface area contributed by atoms with Crippen LogP contribution in [0.4, 0.5) is 0 Å². The lowest BCUT2D eigenvalue weighted by Gasteiger charge is -2.15. The maximum absolute atomic E-state index is 10.9. The molecule has 1 aromatic carbocycles. The number of benzene rings is 1. The molecule has 4 atom stereocenters. The van der Waals surface area contributed by atoms with Crippen LogP contribution < -0.4 is 0 Å². The number of hydrogen-bond donors (Lipinski definition) is 5. The smallest absolute Gasteiger partial charge is 0.202 e. The van der Waals surface area contributed by atoms with Gasteiger partial charge in [-0.25, -0.2) is 4.57 Å². The van der Waals surface area contributed by atoms with Crippen molar-refractivity contribution in [3.63, 3.8) is 0 Å². The number of rotatable bonds is 2. The molecule has 0 aliphatic heterocycles. The molecule has 4 unspecified atom stereocenters. The number of nitrogens with zero attached hydrogens (tertiary/aromatic N) is 2. The zero-order chi connectivity index (χ0) is 21.2. The third-order valence-corrected chi connectivity index (χ3v) is 7.50. The van der Waals surface area contributed by atoms with Crippen LogP contribution in [-0.2, 0) is 0 Å². The van der Waals surface area contributed by atoms with Crippen molar-refractivity contribution in [3.05, 3.63) is 64.8 Å². The van der Waals surface area contributed by atoms with Crippen molar-refractivity contribution in [2.24, 2.45) is 0 Å². The van der Waals surface area contributed by atoms with Crippen molar-refractivity contribution in [1.82, 2.24) is 9.13 Å². The van der Waals surface area contributed by atoms with Gasteiger partial charge in [-0.3, -0.25) is 4.57 Å². The lowest BCUT2D eigenvalue weighted by Crippen LogP contribution is -2.00. The fourth-order valence-corrected chi connectivity index (χ4v) is 6.18. The Labute approximate surface area is 177 Å². The Kier molecular flexibility index (Phi) is 2.90. The van der Waals surface area contributed by atoms with Crippen LogP contribution in [0.25, 0.3) is 11.4 Å². The van der Waals surface area contributed by atoms with Crippen molar-refractivity contribution in [2.45, 2.75) is 36.5 Å². The van der Waals surface area contributed by atoms with Crippen LogP contribution in [0.1, 0.15) is 58.8 Å². The summed E-state index contributed by atoms with van der Waals surface area (Å²) >= 11 is 0. The minimum Gasteiger partial charge on any atom is -0.506 e. The molecule has 156 valence electrons. The summed E-state index contributed by atoms with van der Waals surface area (Å²) < 4.78 is 2.60. The van der Waals surface area contributed by atoms with Gasteiger partial charge in [0.15, 0.2) is 0 Å². The third-order valence-electron chi connectivity index (χ3n) is 7.50. The van der Waals surface area contributed by atoms with Crippen molar-refractivity contribution in [3.8, 4) is 40.6 Å². The maximum atomic E-state index is 10.9. The third kappa shape index (κ3) is 1.86. The van der Waals surface area contributed by atoms with E-state index < -0.39 is 0 Å². The molecule has 31 heavy (non-hydrogen) atoms. The summed E-state index contributed by atoms with van der Waals surface area (Å²) in [6, 6.07) is 4.56. The number of phenolic OH excluding ortho intramolecular Hbond substituents is 1. The first-order chi connectivity index (χ1) is 15.0. The molecule has 0 saturated carbocycles. The number of aromatic hydroxyl groups is 5. The largest absolute Gasteiger partial charge is 0.506 e. The average molecular weight is 416 g/mol. The van der Waals surface area contributed by atoms with E-state index in [2.05, 4.69) is 12.2 Å². The van der Waals surface area contributed by atoms with Gasteiger partial charge in [0.25, 0.3) is 0 Å². The standard InChI is InChI=1S/C24H20N2O5/c27-16-6-5-14(25-21(28)17-10-1-2-11(7-10)18(17)22(25)29)9-15(16)26-23(30)19-12-3-4-13(8-12)20(19)24(26)31/h1-6,9-13,27-31H,7-8H2. The molecule has 2 aromatic heterocycles. The first kappa shape index (κ1) is 17.0. The molecule has 4 aliphatic carbocycles. The van der Waals surface area contributed by atoms with Gasteiger partial charge in [-0.05, 0) is 31.0 Å². The van der Waals surface area contributed by atoms with Gasteiger partial charge >= 0.3 is 0 Å². The quantitative estimate of drug-likeness (QED) is 0.404. The second-order valence-corrected chi connectivity index (χ2v) is 8.96. The van der Waals surface area contributed by atoms with Gasteiger partial charge in [0, 0.05) is 45.9 Å². The van der Waals surface area contributed by atoms with E-state index in [0.717, 1.165) is 24.0 Å². The highest BCUT2D eigenvalue weighted by Crippen LogP contribution is 2.59. The fraction of sp³-hybridized carbons (Fsp3) is 0.250. The molecule has 7 nitrogen and oxygen atoms in total. The maximum Gasteiger partial charge on any atom is 0.202 e. The molecule has 0 saturated heterocycles. The Morgan fingerprint density at radius 3 is 1.45 bits per heavy atom. The second-order valence-electron chi connectivity index (χ2n) is 8.96. The lowest BCUT2D eigenvalue weighted by molar-refractivity contribution is 0.388. The number of allylic oxidation sites excluding steroid dienone is 4. The predicted octanol–water partition coefficient (Wildman–Crippen LogP) is 4.08. The zero-order valence-electron chi connectivity index (χ0n) is 16.4. The summed E-state index contributed by atoms with van der Waals surface area (Å²) in [6.45, 7) is 0. The zero-order valence-corrected chi connectivity index (χ0v) is 16.4. The van der Waals surface area contributed by atoms with Crippen LogP contribution in [-0.4, -0.2) is 34.7 Å². The van der Waals surface area contributed by atoms with E-state index in [0.29, 0.717) is 16.8 Å². The topological polar surface area (TPSA) is 111 Å². The highest BCUT2D eigenvalue weighted by molar-refractivity contribution is 5.67. The number of hydrogen-bond acceptors (Lipinski definition) is 5. The minimum absolute atomic E-state index is 0.0216. The molecular weight excluding hydrogens is 396 g/mol. The highest BCUT2D eigenvalue weighted by Gasteiger charge is 2.43. The minimum atomic E-state index is -0.135. The van der Waals surface area contributed by atoms with Crippen molar-refractivity contribution in [2.75, 3.05) is 0 Å². The van der Waals surface area contributed by atoms with Gasteiger partial charge in [0.1, 0.15) is 5.75 Å². The molecule has 0 radical (unpaired) electrons. The highest BCUT2D eigenvalue weighted by atomic mass is 16.3. The number of fused-ring (bicyclic) bond motifs is 10. The summed E-state index contributed by atoms with van der Waals surface area (Å²) in [4.78, 5) is 0. The first-order valence-corrected chi connectivity index (χ1v) is 10.5. The van der Waals surface area contributed by atoms with Crippen LogP contribution in [0, 0.1) is 0 Å². The molecular formula is C24H20N2O5. The monoisotopic (exact) mass is 416 g/mol. The molecule has 7 rings (SSSR count). The second kappa shape index (κ2) is 5.29. The SMILES string of the molecule is Oc1ccc(-n2c(O)c3c(c2O)C2C=CC3C2)cc1-n1c(O)c2c(c1O)C1C=CC2C1. The average Bonchev–Trinajstić information content (AvgIpc) is 3.57. The molecule has 5 N–H and O–H groups in total. The van der Waals surface area contributed by atoms with Gasteiger partial charge < -0.3 is 25.5 Å². The Hall–Kier alpha value is -3.74. The van der Waals surface area contributed by atoms with E-state index in [1.807, 2.05) is 12.2 Å². The Morgan fingerprint density at radius 1 is 0.581 bits per heavy atom. The Morgan fingerprint density at radius 2 is 1.00 bits per heavy atom. The summed E-state index contributed by atoms with van der Waals surface area (Å²) in [5.74, 6) is -0.0755. The normalized spacial score (nSPS) is 26.2. The molecule has 3 aromatic rings.